The second-order valence-electron chi connectivity index (χ2n) is 6.09. The van der Waals surface area contributed by atoms with E-state index in [9.17, 15) is 18.0 Å². The van der Waals surface area contributed by atoms with E-state index in [-0.39, 0.29) is 28.4 Å². The molecule has 1 aromatic rings. The average molecular weight is 395 g/mol. The van der Waals surface area contributed by atoms with Crippen LogP contribution in [0.3, 0.4) is 0 Å². The number of carbonyl (C=O) groups is 1. The van der Waals surface area contributed by atoms with Crippen molar-refractivity contribution in [1.29, 1.82) is 0 Å². The molecule has 1 atom stereocenters. The van der Waals surface area contributed by atoms with Gasteiger partial charge in [0.15, 0.2) is 12.9 Å². The van der Waals surface area contributed by atoms with Crippen LogP contribution in [0.2, 0.25) is 5.02 Å². The minimum absolute atomic E-state index is 0.151. The number of pyridine rings is 1. The minimum Gasteiger partial charge on any atom is -0.467 e. The molecular formula is C16H18ClF3N2O4. The van der Waals surface area contributed by atoms with Crippen LogP contribution in [0.4, 0.5) is 13.2 Å². The summed E-state index contributed by atoms with van der Waals surface area (Å²) in [5.41, 5.74) is 0.180. The van der Waals surface area contributed by atoms with Gasteiger partial charge in [0.1, 0.15) is 5.02 Å². The minimum atomic E-state index is -4.50. The third-order valence-corrected chi connectivity index (χ3v) is 4.47. The van der Waals surface area contributed by atoms with Crippen molar-refractivity contribution in [1.82, 2.24) is 9.88 Å². The molecular weight excluding hydrogens is 377 g/mol. The van der Waals surface area contributed by atoms with E-state index in [4.69, 9.17) is 21.1 Å². The number of likely N-dealkylation sites (tertiary alicyclic amines) is 1. The highest BCUT2D eigenvalue weighted by Gasteiger charge is 2.37. The molecule has 0 bridgehead atoms. The number of ether oxygens (including phenoxy) is 3. The number of nitrogens with zero attached hydrogens (tertiary/aromatic N) is 2. The van der Waals surface area contributed by atoms with E-state index in [2.05, 4.69) is 9.72 Å². The van der Waals surface area contributed by atoms with Crippen molar-refractivity contribution in [2.75, 3.05) is 26.4 Å². The molecule has 1 amide bonds. The fourth-order valence-electron chi connectivity index (χ4n) is 3.06. The van der Waals surface area contributed by atoms with Gasteiger partial charge in [0.05, 0.1) is 24.8 Å². The van der Waals surface area contributed by atoms with Crippen LogP contribution in [-0.4, -0.2) is 60.7 Å². The normalized spacial score (nSPS) is 21.8. The van der Waals surface area contributed by atoms with Crippen LogP contribution in [0, 0.1) is 0 Å². The van der Waals surface area contributed by atoms with Crippen LogP contribution in [0.1, 0.15) is 29.6 Å². The zero-order valence-electron chi connectivity index (χ0n) is 13.8. The van der Waals surface area contributed by atoms with Crippen molar-refractivity contribution in [3.8, 4) is 5.88 Å². The maximum atomic E-state index is 12.8. The molecule has 1 aromatic heterocycles. The van der Waals surface area contributed by atoms with Crippen LogP contribution in [-0.2, 0) is 9.47 Å². The van der Waals surface area contributed by atoms with Crippen molar-refractivity contribution in [2.24, 2.45) is 0 Å². The Morgan fingerprint density at radius 2 is 2.08 bits per heavy atom. The van der Waals surface area contributed by atoms with E-state index in [0.717, 1.165) is 19.3 Å². The molecule has 0 N–H and O–H groups in total. The van der Waals surface area contributed by atoms with Gasteiger partial charge in [-0.3, -0.25) is 4.79 Å². The third-order valence-electron chi connectivity index (χ3n) is 4.20. The largest absolute Gasteiger partial charge is 0.467 e. The van der Waals surface area contributed by atoms with Crippen molar-refractivity contribution in [3.05, 3.63) is 22.8 Å². The standard InChI is InChI=1S/C16H18ClF3N2O4/c17-11-7-10(8-21-13(11)26-9-16(18,19)20)14(23)22-4-2-1-3-12(22)15-24-5-6-25-15/h7-8,12,15H,1-6,9H2. The van der Waals surface area contributed by atoms with Crippen molar-refractivity contribution in [2.45, 2.75) is 37.8 Å². The molecule has 144 valence electrons. The molecule has 3 rings (SSSR count). The second-order valence-corrected chi connectivity index (χ2v) is 6.49. The zero-order chi connectivity index (χ0) is 18.7. The Hall–Kier alpha value is -1.58. The summed E-state index contributed by atoms with van der Waals surface area (Å²) in [7, 11) is 0. The monoisotopic (exact) mass is 394 g/mol. The first kappa shape index (κ1) is 19.2. The number of amides is 1. The molecule has 0 saturated carbocycles. The number of rotatable bonds is 4. The highest BCUT2D eigenvalue weighted by atomic mass is 35.5. The smallest absolute Gasteiger partial charge is 0.422 e. The molecule has 0 spiro atoms. The summed E-state index contributed by atoms with van der Waals surface area (Å²) in [4.78, 5) is 18.3. The van der Waals surface area contributed by atoms with Gasteiger partial charge in [0.25, 0.3) is 5.91 Å². The summed E-state index contributed by atoms with van der Waals surface area (Å²) in [6.07, 6.45) is -1.23. The molecule has 3 heterocycles. The van der Waals surface area contributed by atoms with Gasteiger partial charge in [-0.05, 0) is 25.3 Å². The van der Waals surface area contributed by atoms with Crippen LogP contribution in [0.15, 0.2) is 12.3 Å². The van der Waals surface area contributed by atoms with Gasteiger partial charge in [-0.2, -0.15) is 13.2 Å². The van der Waals surface area contributed by atoms with Crippen molar-refractivity contribution < 1.29 is 32.2 Å². The molecule has 1 unspecified atom stereocenters. The topological polar surface area (TPSA) is 60.9 Å². The molecule has 6 nitrogen and oxygen atoms in total. The molecule has 0 radical (unpaired) electrons. The van der Waals surface area contributed by atoms with Crippen LogP contribution < -0.4 is 4.74 Å². The lowest BCUT2D eigenvalue weighted by molar-refractivity contribution is -0.154. The van der Waals surface area contributed by atoms with E-state index in [1.807, 2.05) is 0 Å². The molecule has 10 heteroatoms. The fraction of sp³-hybridized carbons (Fsp3) is 0.625. The van der Waals surface area contributed by atoms with E-state index < -0.39 is 19.1 Å². The Balaban J connectivity index is 1.72. The van der Waals surface area contributed by atoms with Crippen molar-refractivity contribution >= 4 is 17.5 Å². The molecule has 0 aromatic carbocycles. The maximum absolute atomic E-state index is 12.8. The fourth-order valence-corrected chi connectivity index (χ4v) is 3.28. The first-order chi connectivity index (χ1) is 12.3. The van der Waals surface area contributed by atoms with Gasteiger partial charge in [0.2, 0.25) is 5.88 Å². The van der Waals surface area contributed by atoms with Gasteiger partial charge in [0, 0.05) is 12.7 Å². The number of carbonyl (C=O) groups excluding carboxylic acids is 1. The Morgan fingerprint density at radius 3 is 2.73 bits per heavy atom. The molecule has 2 saturated heterocycles. The first-order valence-corrected chi connectivity index (χ1v) is 8.62. The Kier molecular flexibility index (Phi) is 5.89. The van der Waals surface area contributed by atoms with E-state index in [1.54, 1.807) is 4.90 Å². The molecule has 2 aliphatic rings. The maximum Gasteiger partial charge on any atom is 0.422 e. The quantitative estimate of drug-likeness (QED) is 0.785. The first-order valence-electron chi connectivity index (χ1n) is 8.24. The number of aromatic nitrogens is 1. The lowest BCUT2D eigenvalue weighted by Crippen LogP contribution is -2.50. The van der Waals surface area contributed by atoms with Crippen LogP contribution >= 0.6 is 11.6 Å². The predicted molar refractivity (Wildman–Crippen MR) is 85.2 cm³/mol. The van der Waals surface area contributed by atoms with Crippen LogP contribution in [0.5, 0.6) is 5.88 Å². The summed E-state index contributed by atoms with van der Waals surface area (Å²) < 4.78 is 52.3. The van der Waals surface area contributed by atoms with Gasteiger partial charge in [-0.1, -0.05) is 11.6 Å². The van der Waals surface area contributed by atoms with Gasteiger partial charge in [-0.15, -0.1) is 0 Å². The lowest BCUT2D eigenvalue weighted by Gasteiger charge is -2.38. The average Bonchev–Trinajstić information content (AvgIpc) is 3.13. The molecule has 2 fully saturated rings. The Bertz CT molecular complexity index is 653. The zero-order valence-corrected chi connectivity index (χ0v) is 14.6. The highest BCUT2D eigenvalue weighted by Crippen LogP contribution is 2.29. The van der Waals surface area contributed by atoms with Gasteiger partial charge >= 0.3 is 6.18 Å². The number of piperidine rings is 1. The van der Waals surface area contributed by atoms with Gasteiger partial charge in [-0.25, -0.2) is 4.98 Å². The highest BCUT2D eigenvalue weighted by molar-refractivity contribution is 6.32. The van der Waals surface area contributed by atoms with E-state index >= 15 is 0 Å². The van der Waals surface area contributed by atoms with Gasteiger partial charge < -0.3 is 19.1 Å². The summed E-state index contributed by atoms with van der Waals surface area (Å²) in [6.45, 7) is 0.0118. The molecule has 0 aliphatic carbocycles. The van der Waals surface area contributed by atoms with Crippen LogP contribution in [0.25, 0.3) is 0 Å². The van der Waals surface area contributed by atoms with Crippen molar-refractivity contribution in [3.63, 3.8) is 0 Å². The molecule has 2 aliphatic heterocycles. The Labute approximate surface area is 153 Å². The number of alkyl halides is 3. The molecule has 26 heavy (non-hydrogen) atoms. The Morgan fingerprint density at radius 1 is 1.35 bits per heavy atom. The number of hydrogen-bond donors (Lipinski definition) is 0. The van der Waals surface area contributed by atoms with E-state index in [0.29, 0.717) is 19.8 Å². The van der Waals surface area contributed by atoms with E-state index in [1.165, 1.54) is 12.3 Å². The SMILES string of the molecule is O=C(c1cnc(OCC(F)(F)F)c(Cl)c1)N1CCCCC1C1OCCO1. The summed E-state index contributed by atoms with van der Waals surface area (Å²) in [6, 6.07) is 1.06. The summed E-state index contributed by atoms with van der Waals surface area (Å²) in [5, 5.41) is -0.151. The summed E-state index contributed by atoms with van der Waals surface area (Å²) in [5.74, 6) is -0.677. The predicted octanol–water partition coefficient (Wildman–Crippen LogP) is 3.04. The third kappa shape index (κ3) is 4.57. The lowest BCUT2D eigenvalue weighted by atomic mass is 10.0. The number of halogens is 4. The number of hydrogen-bond acceptors (Lipinski definition) is 5. The second kappa shape index (κ2) is 7.98. The summed E-state index contributed by atoms with van der Waals surface area (Å²) >= 11 is 5.93.